The third kappa shape index (κ3) is 4.92. The molecule has 2 N–H and O–H groups in total. The van der Waals surface area contributed by atoms with Crippen LogP contribution in [-0.2, 0) is 22.5 Å². The molecule has 0 aliphatic carbocycles. The summed E-state index contributed by atoms with van der Waals surface area (Å²) in [6.07, 6.45) is 0.405. The Morgan fingerprint density at radius 1 is 1.17 bits per heavy atom. The minimum absolute atomic E-state index is 0.134. The van der Waals surface area contributed by atoms with Gasteiger partial charge in [0.05, 0.1) is 18.9 Å². The predicted molar refractivity (Wildman–Crippen MR) is 108 cm³/mol. The van der Waals surface area contributed by atoms with Gasteiger partial charge in [-0.2, -0.15) is 9.50 Å². The quantitative estimate of drug-likeness (QED) is 0.531. The lowest BCUT2D eigenvalue weighted by Crippen LogP contribution is -2.23. The molecule has 29 heavy (non-hydrogen) atoms. The highest BCUT2D eigenvalue weighted by atomic mass is 16.5. The van der Waals surface area contributed by atoms with Crippen LogP contribution >= 0.6 is 0 Å². The average Bonchev–Trinajstić information content (AvgIpc) is 3.11. The number of nitrogens with zero attached hydrogens (tertiary/aromatic N) is 3. The molecule has 0 saturated heterocycles. The largest absolute Gasteiger partial charge is 0.494 e. The van der Waals surface area contributed by atoms with Crippen molar-refractivity contribution in [2.75, 3.05) is 18.5 Å². The number of carbonyl (C=O) groups excluding carboxylic acids is 1. The van der Waals surface area contributed by atoms with Crippen LogP contribution < -0.4 is 15.6 Å². The summed E-state index contributed by atoms with van der Waals surface area (Å²) in [5.41, 5.74) is 1.81. The number of anilines is 1. The average molecular weight is 399 g/mol. The number of fused-ring (bicyclic) bond motifs is 1. The molecule has 1 aromatic carbocycles. The highest BCUT2D eigenvalue weighted by Gasteiger charge is 2.15. The molecule has 0 fully saturated rings. The number of aromatic nitrogens is 4. The lowest BCUT2D eigenvalue weighted by molar-refractivity contribution is -0.143. The van der Waals surface area contributed by atoms with Gasteiger partial charge in [0.25, 0.3) is 11.3 Å². The van der Waals surface area contributed by atoms with E-state index in [-0.39, 0.29) is 30.1 Å². The van der Waals surface area contributed by atoms with Crippen molar-refractivity contribution in [3.8, 4) is 5.75 Å². The molecule has 3 rings (SSSR count). The number of rotatable bonds is 9. The molecule has 0 bridgehead atoms. The van der Waals surface area contributed by atoms with Gasteiger partial charge in [-0.3, -0.25) is 14.7 Å². The number of benzene rings is 1. The number of aromatic amines is 1. The second-order valence-electron chi connectivity index (χ2n) is 6.42. The fraction of sp³-hybridized carbons (Fsp3) is 0.400. The summed E-state index contributed by atoms with van der Waals surface area (Å²) in [6, 6.07) is 7.74. The summed E-state index contributed by atoms with van der Waals surface area (Å²) in [5.74, 6) is 1.20. The number of hydrogen-bond acceptors (Lipinski definition) is 7. The first kappa shape index (κ1) is 20.4. The zero-order chi connectivity index (χ0) is 20.8. The maximum absolute atomic E-state index is 12.8. The summed E-state index contributed by atoms with van der Waals surface area (Å²) in [6.45, 7) is 6.89. The third-order valence-corrected chi connectivity index (χ3v) is 4.37. The van der Waals surface area contributed by atoms with Crippen LogP contribution in [0.3, 0.4) is 0 Å². The normalized spacial score (nSPS) is 10.9. The Morgan fingerprint density at radius 2 is 1.93 bits per heavy atom. The van der Waals surface area contributed by atoms with Crippen molar-refractivity contribution in [2.45, 2.75) is 40.2 Å². The third-order valence-electron chi connectivity index (χ3n) is 4.37. The van der Waals surface area contributed by atoms with Crippen molar-refractivity contribution in [1.29, 1.82) is 0 Å². The lowest BCUT2D eigenvalue weighted by atomic mass is 10.1. The number of aryl methyl sites for hydroxylation is 1. The van der Waals surface area contributed by atoms with E-state index < -0.39 is 0 Å². The van der Waals surface area contributed by atoms with Gasteiger partial charge in [0, 0.05) is 18.5 Å². The van der Waals surface area contributed by atoms with E-state index in [1.165, 1.54) is 4.52 Å². The van der Waals surface area contributed by atoms with Crippen LogP contribution in [0.4, 0.5) is 5.95 Å². The Kier molecular flexibility index (Phi) is 6.48. The van der Waals surface area contributed by atoms with Crippen LogP contribution in [-0.4, -0.2) is 38.8 Å². The summed E-state index contributed by atoms with van der Waals surface area (Å²) >= 11 is 0. The van der Waals surface area contributed by atoms with Gasteiger partial charge in [-0.15, -0.1) is 0 Å². The van der Waals surface area contributed by atoms with Crippen molar-refractivity contribution < 1.29 is 14.3 Å². The maximum Gasteiger partial charge on any atom is 0.306 e. The first-order valence-electron chi connectivity index (χ1n) is 9.61. The van der Waals surface area contributed by atoms with Gasteiger partial charge in [0.2, 0.25) is 5.95 Å². The van der Waals surface area contributed by atoms with E-state index in [4.69, 9.17) is 9.47 Å². The van der Waals surface area contributed by atoms with E-state index >= 15 is 0 Å². The van der Waals surface area contributed by atoms with Gasteiger partial charge in [0.1, 0.15) is 5.75 Å². The molecular formula is C20H25N5O4. The van der Waals surface area contributed by atoms with Crippen LogP contribution in [0.2, 0.25) is 0 Å². The minimum atomic E-state index is -0.335. The molecule has 0 unspecified atom stereocenters. The Hall–Kier alpha value is -3.36. The van der Waals surface area contributed by atoms with Gasteiger partial charge in [0.15, 0.2) is 0 Å². The van der Waals surface area contributed by atoms with Crippen molar-refractivity contribution in [3.63, 3.8) is 0 Å². The zero-order valence-electron chi connectivity index (χ0n) is 16.8. The number of esters is 1. The van der Waals surface area contributed by atoms with Crippen LogP contribution in [0.25, 0.3) is 5.78 Å². The van der Waals surface area contributed by atoms with E-state index in [0.29, 0.717) is 37.0 Å². The molecular weight excluding hydrogens is 374 g/mol. The number of nitrogens with one attached hydrogen (secondary N) is 2. The fourth-order valence-corrected chi connectivity index (χ4v) is 2.94. The standard InChI is InChI=1S/C20H25N5O4/c1-4-28-15-8-6-14(7-9-15)12-21-19-23-20-22-13(3)16(18(27)25(20)24-19)10-11-17(26)29-5-2/h6-9H,4-5,10-12H2,1-3H3,(H2,21,22,23,24). The number of ether oxygens (including phenoxy) is 2. The van der Waals surface area contributed by atoms with Crippen molar-refractivity contribution in [3.05, 3.63) is 51.4 Å². The molecule has 9 heteroatoms. The van der Waals surface area contributed by atoms with E-state index in [0.717, 1.165) is 11.3 Å². The first-order chi connectivity index (χ1) is 14.0. The van der Waals surface area contributed by atoms with Crippen LogP contribution in [0.1, 0.15) is 37.1 Å². The lowest BCUT2D eigenvalue weighted by Gasteiger charge is -2.05. The highest BCUT2D eigenvalue weighted by Crippen LogP contribution is 2.13. The molecule has 2 aromatic heterocycles. The summed E-state index contributed by atoms with van der Waals surface area (Å²) < 4.78 is 11.6. The second-order valence-corrected chi connectivity index (χ2v) is 6.42. The number of H-pyrrole nitrogens is 1. The molecule has 0 aliphatic rings. The Morgan fingerprint density at radius 3 is 2.62 bits per heavy atom. The summed E-state index contributed by atoms with van der Waals surface area (Å²) in [5, 5.41) is 6.08. The van der Waals surface area contributed by atoms with E-state index in [9.17, 15) is 9.59 Å². The molecule has 0 saturated carbocycles. The van der Waals surface area contributed by atoms with E-state index in [1.807, 2.05) is 31.2 Å². The predicted octanol–water partition coefficient (Wildman–Crippen LogP) is 2.23. The van der Waals surface area contributed by atoms with Crippen molar-refractivity contribution in [1.82, 2.24) is 19.6 Å². The summed E-state index contributed by atoms with van der Waals surface area (Å²) in [4.78, 5) is 33.1. The Balaban J connectivity index is 1.73. The fourth-order valence-electron chi connectivity index (χ4n) is 2.94. The molecule has 0 aliphatic heterocycles. The Labute approximate surface area is 168 Å². The first-order valence-corrected chi connectivity index (χ1v) is 9.61. The summed E-state index contributed by atoms with van der Waals surface area (Å²) in [7, 11) is 0. The Bertz CT molecular complexity index is 1040. The number of hydrogen-bond donors (Lipinski definition) is 2. The second kappa shape index (κ2) is 9.22. The number of carbonyl (C=O) groups is 1. The van der Waals surface area contributed by atoms with Gasteiger partial charge in [-0.05, 0) is 44.9 Å². The molecule has 154 valence electrons. The van der Waals surface area contributed by atoms with Gasteiger partial charge < -0.3 is 14.8 Å². The van der Waals surface area contributed by atoms with Crippen LogP contribution in [0, 0.1) is 6.92 Å². The molecule has 3 aromatic rings. The molecule has 9 nitrogen and oxygen atoms in total. The van der Waals surface area contributed by atoms with E-state index in [2.05, 4.69) is 20.4 Å². The zero-order valence-corrected chi connectivity index (χ0v) is 16.8. The highest BCUT2D eigenvalue weighted by molar-refractivity contribution is 5.69. The molecule has 2 heterocycles. The van der Waals surface area contributed by atoms with Crippen LogP contribution in [0.15, 0.2) is 29.1 Å². The van der Waals surface area contributed by atoms with Crippen molar-refractivity contribution in [2.24, 2.45) is 0 Å². The van der Waals surface area contributed by atoms with Gasteiger partial charge in [-0.25, -0.2) is 4.98 Å². The maximum atomic E-state index is 12.8. The van der Waals surface area contributed by atoms with Gasteiger partial charge >= 0.3 is 5.97 Å². The smallest absolute Gasteiger partial charge is 0.306 e. The van der Waals surface area contributed by atoms with Crippen molar-refractivity contribution >= 4 is 17.7 Å². The van der Waals surface area contributed by atoms with Gasteiger partial charge in [-0.1, -0.05) is 12.1 Å². The molecule has 0 radical (unpaired) electrons. The molecule has 0 spiro atoms. The topological polar surface area (TPSA) is 111 Å². The monoisotopic (exact) mass is 399 g/mol. The van der Waals surface area contributed by atoms with Crippen LogP contribution in [0.5, 0.6) is 5.75 Å². The SMILES string of the molecule is CCOC(=O)CCc1c(C)nc2nc(NCc3ccc(OCC)cc3)[nH]n2c1=O. The molecule has 0 amide bonds. The molecule has 0 atom stereocenters. The van der Waals surface area contributed by atoms with E-state index in [1.54, 1.807) is 13.8 Å². The minimum Gasteiger partial charge on any atom is -0.494 e.